The monoisotopic (exact) mass is 1310 g/mol. The van der Waals surface area contributed by atoms with Gasteiger partial charge in [-0.25, -0.2) is 4.79 Å². The predicted molar refractivity (Wildman–Crippen MR) is 402 cm³/mol. The highest BCUT2D eigenvalue weighted by Gasteiger charge is 2.36. The zero-order chi connectivity index (χ0) is 69.2. The molecule has 96 heavy (non-hydrogen) atoms. The number of anilines is 2. The van der Waals surface area contributed by atoms with Gasteiger partial charge < -0.3 is 49.6 Å². The fourth-order valence-electron chi connectivity index (χ4n) is 14.1. The Bertz CT molecular complexity index is 3040. The van der Waals surface area contributed by atoms with Crippen LogP contribution in [-0.2, 0) is 16.0 Å². The maximum Gasteiger partial charge on any atom is 0.326 e. The van der Waals surface area contributed by atoms with Gasteiger partial charge in [0, 0.05) is 112 Å². The average Bonchev–Trinajstić information content (AvgIpc) is 1.95. The summed E-state index contributed by atoms with van der Waals surface area (Å²) in [5.41, 5.74) is 8.90. The van der Waals surface area contributed by atoms with Crippen LogP contribution in [0.2, 0.25) is 0 Å². The van der Waals surface area contributed by atoms with Gasteiger partial charge in [-0.05, 0) is 248 Å². The van der Waals surface area contributed by atoms with Crippen molar-refractivity contribution in [2.45, 2.75) is 131 Å². The number of pyridine rings is 2. The van der Waals surface area contributed by atoms with E-state index in [1.807, 2.05) is 108 Å². The lowest BCUT2D eigenvalue weighted by molar-refractivity contribution is -0.149. The maximum atomic E-state index is 12.6. The van der Waals surface area contributed by atoms with Crippen molar-refractivity contribution < 1.29 is 19.5 Å². The molecule has 0 aliphatic carbocycles. The van der Waals surface area contributed by atoms with Gasteiger partial charge in [-0.3, -0.25) is 19.6 Å². The molecular formula is C81H123N11O4. The van der Waals surface area contributed by atoms with Crippen LogP contribution in [-0.4, -0.2) is 215 Å². The summed E-state index contributed by atoms with van der Waals surface area (Å²) in [6.45, 7) is 33.7. The van der Waals surface area contributed by atoms with E-state index in [-0.39, 0.29) is 17.7 Å². The Kier molecular flexibility index (Phi) is 35.1. The number of fused-ring (bicyclic) bond motifs is 1. The van der Waals surface area contributed by atoms with Crippen molar-refractivity contribution in [1.29, 1.82) is 0 Å². The Morgan fingerprint density at radius 1 is 0.510 bits per heavy atom. The van der Waals surface area contributed by atoms with Gasteiger partial charge in [0.2, 0.25) is 5.91 Å². The predicted octanol–water partition coefficient (Wildman–Crippen LogP) is 13.5. The van der Waals surface area contributed by atoms with Crippen LogP contribution in [0.25, 0.3) is 10.8 Å². The number of aliphatic carboxylic acids is 1. The first-order valence-corrected chi connectivity index (χ1v) is 36.7. The second kappa shape index (κ2) is 42.9. The number of benzene rings is 4. The number of Topliss-reactive ketones (excluding diaryl/α,β-unsaturated/α-hetero) is 1. The van der Waals surface area contributed by atoms with E-state index in [4.69, 9.17) is 0 Å². The SMILES string of the molecule is CC.CC.CN1CCC(C(=O)c2ccccc2)CC1.CN1CCC(C2CCNCC2)CC1.CN1CCC(c2ccncc2)CC1.CN1CCN(c2ccncc2)CC1.C[C@H](Cc1ccc2ccccc2c1)C(=O)N1CCCC1C(=O)O.Cc1ccc(N2CCN(C)CC2)c(C)c1. The molecule has 15 nitrogen and oxygen atoms in total. The van der Waals surface area contributed by atoms with Crippen LogP contribution in [0, 0.1) is 37.5 Å². The molecule has 6 aromatic rings. The van der Waals surface area contributed by atoms with Crippen molar-refractivity contribution in [1.82, 2.24) is 44.7 Å². The summed E-state index contributed by atoms with van der Waals surface area (Å²) in [5.74, 6) is 2.24. The summed E-state index contributed by atoms with van der Waals surface area (Å²) in [4.78, 5) is 62.3. The molecule has 9 heterocycles. The molecule has 526 valence electrons. The van der Waals surface area contributed by atoms with Crippen LogP contribution < -0.4 is 15.1 Å². The number of piperazine rings is 2. The lowest BCUT2D eigenvalue weighted by atomic mass is 9.79. The summed E-state index contributed by atoms with van der Waals surface area (Å²) >= 11 is 0. The number of likely N-dealkylation sites (tertiary alicyclic amines) is 4. The number of aryl methyl sites for hydroxylation is 2. The number of nitrogens with zero attached hydrogens (tertiary/aromatic N) is 10. The zero-order valence-corrected chi connectivity index (χ0v) is 61.2. The van der Waals surface area contributed by atoms with Crippen molar-refractivity contribution in [3.05, 3.63) is 168 Å². The normalized spacial score (nSPS) is 19.8. The van der Waals surface area contributed by atoms with E-state index in [9.17, 15) is 19.5 Å². The number of ketones is 1. The number of nitrogens with one attached hydrogen (secondary N) is 1. The molecule has 15 heteroatoms. The smallest absolute Gasteiger partial charge is 0.326 e. The first-order valence-electron chi connectivity index (χ1n) is 36.7. The first-order chi connectivity index (χ1) is 46.6. The molecule has 7 aliphatic heterocycles. The number of amides is 1. The Balaban J connectivity index is 0.000000182. The molecule has 1 unspecified atom stereocenters. The lowest BCUT2D eigenvalue weighted by Gasteiger charge is -2.36. The van der Waals surface area contributed by atoms with Crippen molar-refractivity contribution in [2.75, 3.05) is 156 Å². The van der Waals surface area contributed by atoms with E-state index in [2.05, 4.69) is 165 Å². The molecular weight excluding hydrogens is 1190 g/mol. The Hall–Kier alpha value is -6.59. The number of carboxylic acids is 1. The van der Waals surface area contributed by atoms with E-state index < -0.39 is 12.0 Å². The second-order valence-electron chi connectivity index (χ2n) is 27.3. The minimum Gasteiger partial charge on any atom is -0.480 e. The second-order valence-corrected chi connectivity index (χ2v) is 27.3. The Labute approximate surface area is 580 Å². The van der Waals surface area contributed by atoms with Crippen molar-refractivity contribution in [3.8, 4) is 0 Å². The van der Waals surface area contributed by atoms with E-state index in [1.165, 1.54) is 129 Å². The van der Waals surface area contributed by atoms with Gasteiger partial charge in [-0.1, -0.05) is 125 Å². The van der Waals surface area contributed by atoms with E-state index in [0.717, 1.165) is 106 Å². The molecule has 2 aromatic heterocycles. The molecule has 4 aromatic carbocycles. The number of carbonyl (C=O) groups excluding carboxylic acids is 2. The Morgan fingerprint density at radius 2 is 1.01 bits per heavy atom. The third-order valence-corrected chi connectivity index (χ3v) is 20.2. The van der Waals surface area contributed by atoms with Crippen LogP contribution in [0.1, 0.15) is 137 Å². The molecule has 0 bridgehead atoms. The number of hydrogen-bond acceptors (Lipinski definition) is 13. The molecule has 0 radical (unpaired) electrons. The minimum absolute atomic E-state index is 0.0527. The van der Waals surface area contributed by atoms with Gasteiger partial charge in [0.1, 0.15) is 6.04 Å². The van der Waals surface area contributed by atoms with Gasteiger partial charge >= 0.3 is 5.97 Å². The third-order valence-electron chi connectivity index (χ3n) is 20.2. The summed E-state index contributed by atoms with van der Waals surface area (Å²) in [5, 5.41) is 15.0. The zero-order valence-electron chi connectivity index (χ0n) is 61.2. The number of carbonyl (C=O) groups is 3. The summed E-state index contributed by atoms with van der Waals surface area (Å²) in [6.07, 6.45) is 19.8. The van der Waals surface area contributed by atoms with E-state index in [1.54, 1.807) is 0 Å². The number of carboxylic acid groups (broad SMARTS) is 1. The highest BCUT2D eigenvalue weighted by Crippen LogP contribution is 2.31. The molecule has 7 saturated heterocycles. The molecule has 1 amide bonds. The third kappa shape index (κ3) is 26.0. The van der Waals surface area contributed by atoms with Crippen molar-refractivity contribution >= 4 is 39.8 Å². The minimum atomic E-state index is -0.895. The molecule has 2 atom stereocenters. The number of hydrogen-bond donors (Lipinski definition) is 2. The van der Waals surface area contributed by atoms with Gasteiger partial charge in [-0.15, -0.1) is 0 Å². The fourth-order valence-corrected chi connectivity index (χ4v) is 14.1. The van der Waals surface area contributed by atoms with Crippen LogP contribution >= 0.6 is 0 Å². The van der Waals surface area contributed by atoms with Gasteiger partial charge in [0.15, 0.2) is 5.78 Å². The van der Waals surface area contributed by atoms with Crippen LogP contribution in [0.5, 0.6) is 0 Å². The molecule has 0 spiro atoms. The van der Waals surface area contributed by atoms with E-state index >= 15 is 0 Å². The standard InChI is InChI=1S/C19H21NO3.C13H20N2.C13H17NO.C11H22N2.C11H16N2.C10H15N3.2C2H6/c1-13(18(21)20-10-4-7-17(20)19(22)23)11-14-8-9-15-5-2-3-6-16(15)12-14;1-11-4-5-13(12(2)10-11)15-8-6-14(3)7-9-15;1-14-9-7-12(8-10-14)13(15)11-5-3-2-4-6-11;2*1-13-8-4-11(5-9-13)10-2-6-12-7-3-10;1-12-6-8-13(9-7-12)10-2-4-11-5-3-10;2*1-2/h2-3,5-6,8-9,12-13,17H,4,7,10-11H2,1H3,(H,22,23);4-5,10H,6-9H2,1-3H3;2-6,12H,7-10H2,1H3;10-12H,2-9H2,1H3;2-3,6-7,11H,4-5,8-9H2,1H3;2-5H,6-9H2,1H3;2*1-2H3/t13-,17?;;;;;;;/m1......./s1. The molecule has 7 aliphatic rings. The topological polar surface area (TPSA) is 135 Å². The van der Waals surface area contributed by atoms with E-state index in [0.29, 0.717) is 25.2 Å². The average molecular weight is 1310 g/mol. The van der Waals surface area contributed by atoms with Gasteiger partial charge in [0.05, 0.1) is 0 Å². The quantitative estimate of drug-likeness (QED) is 0.126. The summed E-state index contributed by atoms with van der Waals surface area (Å²) < 4.78 is 0. The van der Waals surface area contributed by atoms with Crippen LogP contribution in [0.15, 0.2) is 140 Å². The fraction of sp³-hybridized carbons (Fsp3) is 0.568. The lowest BCUT2D eigenvalue weighted by Crippen LogP contribution is -2.44. The largest absolute Gasteiger partial charge is 0.480 e. The Morgan fingerprint density at radius 3 is 1.57 bits per heavy atom. The number of likely N-dealkylation sites (N-methyl/N-ethyl adjacent to an activating group) is 2. The maximum absolute atomic E-state index is 12.6. The molecule has 7 fully saturated rings. The van der Waals surface area contributed by atoms with Crippen molar-refractivity contribution in [3.63, 3.8) is 0 Å². The van der Waals surface area contributed by atoms with Gasteiger partial charge in [0.25, 0.3) is 0 Å². The molecule has 2 N–H and O–H groups in total. The summed E-state index contributed by atoms with van der Waals surface area (Å²) in [7, 11) is 10.9. The first kappa shape index (κ1) is 78.4. The van der Waals surface area contributed by atoms with Gasteiger partial charge in [-0.2, -0.15) is 0 Å². The molecule has 13 rings (SSSR count). The molecule has 0 saturated carbocycles. The number of piperidine rings is 4. The summed E-state index contributed by atoms with van der Waals surface area (Å²) in [6, 6.07) is 38.5. The highest BCUT2D eigenvalue weighted by molar-refractivity contribution is 5.97. The van der Waals surface area contributed by atoms with Crippen LogP contribution in [0.3, 0.4) is 0 Å². The number of aromatic nitrogens is 2. The highest BCUT2D eigenvalue weighted by atomic mass is 16.4. The number of rotatable bonds is 10. The van der Waals surface area contributed by atoms with Crippen LogP contribution in [0.4, 0.5) is 11.4 Å². The van der Waals surface area contributed by atoms with Crippen molar-refractivity contribution in [2.24, 2.45) is 23.7 Å².